The number of methoxy groups -OCH3 is 2. The number of hydrogen-bond donors (Lipinski definition) is 1. The normalized spacial score (nSPS) is 36.8. The van der Waals surface area contributed by atoms with Gasteiger partial charge in [-0.15, -0.1) is 0 Å². The molecule has 0 aromatic heterocycles. The summed E-state index contributed by atoms with van der Waals surface area (Å²) in [6.45, 7) is 16.9. The van der Waals surface area contributed by atoms with E-state index in [0.717, 1.165) is 103 Å². The summed E-state index contributed by atoms with van der Waals surface area (Å²) in [6.07, 6.45) is 17.6. The van der Waals surface area contributed by atoms with Gasteiger partial charge in [0.15, 0.2) is 5.78 Å². The fourth-order valence-corrected chi connectivity index (χ4v) is 10.7. The third-order valence-electron chi connectivity index (χ3n) is 14.3. The largest absolute Gasteiger partial charge is 0.400 e. The quantitative estimate of drug-likeness (QED) is 0.0501. The lowest BCUT2D eigenvalue weighted by Crippen LogP contribution is -2.53. The van der Waals surface area contributed by atoms with Crippen molar-refractivity contribution < 1.29 is 43.1 Å². The maximum Gasteiger partial charge on any atom is 0.155 e. The van der Waals surface area contributed by atoms with E-state index in [2.05, 4.69) is 85.6 Å². The second kappa shape index (κ2) is 22.4. The van der Waals surface area contributed by atoms with E-state index in [9.17, 15) is 9.59 Å². The summed E-state index contributed by atoms with van der Waals surface area (Å²) >= 11 is 0. The van der Waals surface area contributed by atoms with Crippen molar-refractivity contribution >= 4 is 11.6 Å². The first kappa shape index (κ1) is 51.1. The zero-order chi connectivity index (χ0) is 44.5. The summed E-state index contributed by atoms with van der Waals surface area (Å²) in [6, 6.07) is 0. The van der Waals surface area contributed by atoms with E-state index in [0.29, 0.717) is 37.1 Å². The van der Waals surface area contributed by atoms with Crippen LogP contribution in [0.2, 0.25) is 0 Å². The standard InChI is InChI=1S/C24H43NO4.C24H39NO4.CH4O/c2*1-17(2)10-11-20-23(3,29-20)22-21(27-6)18(12-13-24(22)16-28-24)15-19(26)9-7-8-14-25(4)5;1-2/h17-18,20-22H,7-16H2,1-6H3;10,15,20-22H,7-9,11-14,16H2,1-6H3;2H,1H3/t18?,20-,21-,22-,23+,24+;20-,21-,22-,23+,24+;/m11./s1. The number of carbonyl (C=O) groups excluding carboxylic acids is 2. The Hall–Kier alpha value is -1.54. The molecule has 0 amide bonds. The zero-order valence-electron chi connectivity index (χ0n) is 40.1. The van der Waals surface area contributed by atoms with E-state index in [1.165, 1.54) is 12.0 Å². The minimum Gasteiger partial charge on any atom is -0.400 e. The smallest absolute Gasteiger partial charge is 0.155 e. The van der Waals surface area contributed by atoms with Gasteiger partial charge in [0.2, 0.25) is 0 Å². The van der Waals surface area contributed by atoms with Crippen LogP contribution >= 0.6 is 0 Å². The number of ether oxygens (including phenoxy) is 6. The van der Waals surface area contributed by atoms with Crippen molar-refractivity contribution in [1.82, 2.24) is 9.80 Å². The average Bonchev–Trinajstić information content (AvgIpc) is 4.08. The number of aliphatic hydroxyl groups is 1. The fourth-order valence-electron chi connectivity index (χ4n) is 10.7. The Morgan fingerprint density at radius 1 is 0.833 bits per heavy atom. The van der Waals surface area contributed by atoms with Crippen molar-refractivity contribution in [2.45, 2.75) is 178 Å². The average molecular weight is 847 g/mol. The number of epoxide rings is 4. The Bertz CT molecular complexity index is 1430. The molecule has 11 atom stereocenters. The van der Waals surface area contributed by atoms with Crippen LogP contribution in [0.5, 0.6) is 0 Å². The van der Waals surface area contributed by atoms with Crippen LogP contribution in [0.4, 0.5) is 0 Å². The van der Waals surface area contributed by atoms with E-state index in [1.54, 1.807) is 7.11 Å². The number of rotatable bonds is 22. The molecule has 0 bridgehead atoms. The van der Waals surface area contributed by atoms with Crippen molar-refractivity contribution in [2.75, 3.05) is 75.8 Å². The van der Waals surface area contributed by atoms with Crippen LogP contribution in [0.25, 0.3) is 0 Å². The van der Waals surface area contributed by atoms with Crippen LogP contribution in [0.1, 0.15) is 131 Å². The number of nitrogens with zero attached hydrogens (tertiary/aromatic N) is 2. The van der Waals surface area contributed by atoms with Gasteiger partial charge in [-0.25, -0.2) is 0 Å². The van der Waals surface area contributed by atoms with Crippen LogP contribution in [0.15, 0.2) is 23.3 Å². The van der Waals surface area contributed by atoms with Crippen LogP contribution in [0.3, 0.4) is 0 Å². The van der Waals surface area contributed by atoms with Gasteiger partial charge < -0.3 is 43.3 Å². The number of unbranched alkanes of at least 4 members (excludes halogenated alkanes) is 2. The number of allylic oxidation sites excluding steroid dienone is 2. The summed E-state index contributed by atoms with van der Waals surface area (Å²) in [5.74, 6) is 1.95. The first-order valence-electron chi connectivity index (χ1n) is 23.2. The SMILES string of the molecule is CO.CO[C@@H]1C(=CC(=O)CCCCN(C)C)CC[C@]2(CO2)[C@H]1[C@@]1(C)O[C@@H]1CC=C(C)C.CO[C@@H]1C(CC(=O)CCCCN(C)C)CC[C@]2(CO2)[C@H]1[C@@]1(C)O[C@@H]1CCC(C)C. The Morgan fingerprint density at radius 2 is 1.40 bits per heavy atom. The second-order valence-corrected chi connectivity index (χ2v) is 20.3. The highest BCUT2D eigenvalue weighted by atomic mass is 16.6. The lowest BCUT2D eigenvalue weighted by Gasteiger charge is -2.43. The molecular weight excluding hydrogens is 761 g/mol. The van der Waals surface area contributed by atoms with E-state index < -0.39 is 0 Å². The molecule has 6 fully saturated rings. The molecule has 2 saturated carbocycles. The van der Waals surface area contributed by atoms with Crippen LogP contribution in [0, 0.1) is 23.7 Å². The molecule has 1 unspecified atom stereocenters. The highest BCUT2D eigenvalue weighted by Gasteiger charge is 2.72. The van der Waals surface area contributed by atoms with Crippen molar-refractivity contribution in [3.63, 3.8) is 0 Å². The van der Waals surface area contributed by atoms with E-state index in [1.807, 2.05) is 13.2 Å². The van der Waals surface area contributed by atoms with E-state index >= 15 is 0 Å². The maximum absolute atomic E-state index is 12.7. The topological polar surface area (TPSA) is 129 Å². The van der Waals surface area contributed by atoms with Crippen LogP contribution < -0.4 is 0 Å². The van der Waals surface area contributed by atoms with Crippen molar-refractivity contribution in [3.05, 3.63) is 23.3 Å². The number of hydrogen-bond acceptors (Lipinski definition) is 11. The van der Waals surface area contributed by atoms with Crippen LogP contribution in [-0.4, -0.2) is 149 Å². The molecule has 4 heterocycles. The van der Waals surface area contributed by atoms with Gasteiger partial charge in [-0.3, -0.25) is 9.59 Å². The summed E-state index contributed by atoms with van der Waals surface area (Å²) < 4.78 is 36.6. The van der Waals surface area contributed by atoms with Crippen molar-refractivity contribution in [1.29, 1.82) is 0 Å². The second-order valence-electron chi connectivity index (χ2n) is 20.3. The molecule has 2 aliphatic carbocycles. The molecule has 6 rings (SSSR count). The first-order chi connectivity index (χ1) is 28.4. The van der Waals surface area contributed by atoms with Gasteiger partial charge in [0.1, 0.15) is 22.6 Å². The van der Waals surface area contributed by atoms with E-state index in [-0.39, 0.29) is 64.3 Å². The predicted octanol–water partition coefficient (Wildman–Crippen LogP) is 7.61. The number of aliphatic hydroxyl groups excluding tert-OH is 1. The third kappa shape index (κ3) is 13.3. The molecule has 11 nitrogen and oxygen atoms in total. The van der Waals surface area contributed by atoms with Gasteiger partial charge in [-0.1, -0.05) is 25.5 Å². The minimum absolute atomic E-state index is 0.0472. The van der Waals surface area contributed by atoms with Crippen molar-refractivity contribution in [3.8, 4) is 0 Å². The number of carbonyl (C=O) groups is 2. The Labute approximate surface area is 364 Å². The monoisotopic (exact) mass is 847 g/mol. The van der Waals surface area contributed by atoms with E-state index in [4.69, 9.17) is 33.5 Å². The van der Waals surface area contributed by atoms with Gasteiger partial charge in [-0.2, -0.15) is 0 Å². The molecular formula is C49H86N2O9. The Balaban J connectivity index is 0.000000254. The molecule has 4 saturated heterocycles. The molecule has 60 heavy (non-hydrogen) atoms. The number of Topliss-reactive ketones (excluding diaryl/α,β-unsaturated/α-hetero) is 1. The molecule has 0 radical (unpaired) electrons. The molecule has 0 aromatic rings. The summed E-state index contributed by atoms with van der Waals surface area (Å²) in [4.78, 5) is 29.6. The highest BCUT2D eigenvalue weighted by molar-refractivity contribution is 5.90. The molecule has 1 N–H and O–H groups in total. The fraction of sp³-hybridized carbons (Fsp3) is 0.878. The predicted molar refractivity (Wildman–Crippen MR) is 238 cm³/mol. The van der Waals surface area contributed by atoms with Gasteiger partial charge in [0.25, 0.3) is 0 Å². The summed E-state index contributed by atoms with van der Waals surface area (Å²) in [7, 11) is 12.9. The van der Waals surface area contributed by atoms with Crippen LogP contribution in [-0.2, 0) is 38.0 Å². The molecule has 2 spiro atoms. The summed E-state index contributed by atoms with van der Waals surface area (Å²) in [5.41, 5.74) is 1.80. The lowest BCUT2D eigenvalue weighted by molar-refractivity contribution is -0.126. The van der Waals surface area contributed by atoms with Gasteiger partial charge >= 0.3 is 0 Å². The molecule has 6 aliphatic rings. The van der Waals surface area contributed by atoms with Gasteiger partial charge in [-0.05, 0) is 163 Å². The molecule has 0 aromatic carbocycles. The molecule has 346 valence electrons. The Morgan fingerprint density at radius 3 is 1.93 bits per heavy atom. The van der Waals surface area contributed by atoms with Gasteiger partial charge in [0, 0.05) is 46.5 Å². The zero-order valence-corrected chi connectivity index (χ0v) is 40.1. The first-order valence-corrected chi connectivity index (χ1v) is 23.2. The maximum atomic E-state index is 12.7. The number of ketones is 2. The molecule has 4 aliphatic heterocycles. The lowest BCUT2D eigenvalue weighted by atomic mass is 9.64. The summed E-state index contributed by atoms with van der Waals surface area (Å²) in [5, 5.41) is 7.00. The molecule has 11 heteroatoms. The Kier molecular flexibility index (Phi) is 19.1. The van der Waals surface area contributed by atoms with Crippen molar-refractivity contribution in [2.24, 2.45) is 23.7 Å². The highest BCUT2D eigenvalue weighted by Crippen LogP contribution is 2.62. The third-order valence-corrected chi connectivity index (χ3v) is 14.3. The minimum atomic E-state index is -0.253. The van der Waals surface area contributed by atoms with Gasteiger partial charge in [0.05, 0.1) is 49.1 Å².